The van der Waals surface area contributed by atoms with Gasteiger partial charge in [0.1, 0.15) is 21.5 Å². The molecule has 1 aromatic heterocycles. The molecule has 2 unspecified atom stereocenters. The Labute approximate surface area is 235 Å². The first kappa shape index (κ1) is 28.5. The Hall–Kier alpha value is -4.50. The fourth-order valence-electron chi connectivity index (χ4n) is 4.16. The highest BCUT2D eigenvalue weighted by Gasteiger charge is 2.50. The van der Waals surface area contributed by atoms with Crippen molar-refractivity contribution in [3.8, 4) is 12.1 Å². The summed E-state index contributed by atoms with van der Waals surface area (Å²) < 4.78 is 34.9. The zero-order valence-electron chi connectivity index (χ0n) is 21.8. The molecule has 2 N–H and O–H groups in total. The molecule has 3 aromatic rings. The molecule has 4 rings (SSSR count). The van der Waals surface area contributed by atoms with E-state index >= 15 is 0 Å². The van der Waals surface area contributed by atoms with Gasteiger partial charge in [0.15, 0.2) is 6.10 Å². The summed E-state index contributed by atoms with van der Waals surface area (Å²) >= 11 is 1.17. The average Bonchev–Trinajstić information content (AvgIpc) is 3.37. The predicted molar refractivity (Wildman–Crippen MR) is 149 cm³/mol. The van der Waals surface area contributed by atoms with Gasteiger partial charge in [0, 0.05) is 31.4 Å². The molecule has 1 amide bonds. The van der Waals surface area contributed by atoms with E-state index in [-0.39, 0.29) is 16.5 Å². The van der Waals surface area contributed by atoms with Crippen molar-refractivity contribution in [2.45, 2.75) is 30.7 Å². The van der Waals surface area contributed by atoms with Crippen molar-refractivity contribution in [2.75, 3.05) is 13.6 Å². The van der Waals surface area contributed by atoms with Gasteiger partial charge in [0.2, 0.25) is 18.0 Å². The maximum atomic E-state index is 14.9. The van der Waals surface area contributed by atoms with E-state index in [0.29, 0.717) is 25.3 Å². The van der Waals surface area contributed by atoms with Crippen LogP contribution >= 0.6 is 11.8 Å². The molecule has 9 nitrogen and oxygen atoms in total. The molecular formula is C28H27F2N7O2S. The Morgan fingerprint density at radius 1 is 1.20 bits per heavy atom. The van der Waals surface area contributed by atoms with Crippen LogP contribution in [0.2, 0.25) is 0 Å². The van der Waals surface area contributed by atoms with E-state index in [2.05, 4.69) is 25.7 Å². The molecule has 0 saturated heterocycles. The van der Waals surface area contributed by atoms with E-state index in [1.165, 1.54) is 16.8 Å². The molecule has 2 aromatic carbocycles. The van der Waals surface area contributed by atoms with Gasteiger partial charge in [-0.1, -0.05) is 48.2 Å². The largest absolute Gasteiger partial charge is 0.464 e. The second-order valence-corrected chi connectivity index (χ2v) is 9.97. The van der Waals surface area contributed by atoms with Gasteiger partial charge in [-0.3, -0.25) is 4.79 Å². The molecule has 2 heterocycles. The maximum absolute atomic E-state index is 14.9. The fourth-order valence-corrected chi connectivity index (χ4v) is 5.59. The summed E-state index contributed by atoms with van der Waals surface area (Å²) in [5, 5.41) is 20.8. The van der Waals surface area contributed by atoms with Gasteiger partial charge in [-0.25, -0.2) is 18.8 Å². The fraction of sp³-hybridized carbons (Fsp3) is 0.250. The normalized spacial score (nSPS) is 17.5. The number of pyridine rings is 1. The molecule has 1 aliphatic heterocycles. The van der Waals surface area contributed by atoms with E-state index < -0.39 is 28.5 Å². The zero-order chi connectivity index (χ0) is 28.5. The molecule has 40 heavy (non-hydrogen) atoms. The lowest BCUT2D eigenvalue weighted by atomic mass is 9.99. The van der Waals surface area contributed by atoms with E-state index in [9.17, 15) is 13.6 Å². The summed E-state index contributed by atoms with van der Waals surface area (Å²) in [6, 6.07) is 17.5. The quantitative estimate of drug-likeness (QED) is 0.172. The van der Waals surface area contributed by atoms with Crippen LogP contribution in [0.4, 0.5) is 8.78 Å². The lowest BCUT2D eigenvalue weighted by Gasteiger charge is -2.37. The van der Waals surface area contributed by atoms with Crippen LogP contribution in [0.15, 0.2) is 83.0 Å². The lowest BCUT2D eigenvalue weighted by Crippen LogP contribution is -2.47. The SMILES string of the molecule is CNC(=NC#N)NCCCC1(c2ccccc2)SC(c2cc(F)ccc2F)=NN1C(=O)C(C)Oc1ccccn1. The van der Waals surface area contributed by atoms with E-state index in [1.54, 1.807) is 44.6 Å². The third-order valence-electron chi connectivity index (χ3n) is 6.06. The van der Waals surface area contributed by atoms with Crippen LogP contribution in [0, 0.1) is 23.1 Å². The Morgan fingerprint density at radius 2 is 1.98 bits per heavy atom. The number of hydrogen-bond acceptors (Lipinski definition) is 7. The smallest absolute Gasteiger partial charge is 0.285 e. The van der Waals surface area contributed by atoms with Crippen molar-refractivity contribution in [3.63, 3.8) is 0 Å². The monoisotopic (exact) mass is 563 g/mol. The standard InChI is InChI=1S/C28H27F2N7O2S/c1-19(39-24-11-6-7-15-33-24)26(38)37-28(20-9-4-3-5-10-20,14-8-16-34-27(32-2)35-18-31)40-25(36-37)22-17-21(29)12-13-23(22)30/h3-7,9-13,15,17,19H,8,14,16H2,1-2H3,(H2,32,34,35). The molecule has 0 aliphatic carbocycles. The maximum Gasteiger partial charge on any atom is 0.285 e. The first-order chi connectivity index (χ1) is 19.4. The summed E-state index contributed by atoms with van der Waals surface area (Å²) in [6.07, 6.45) is 3.15. The number of amides is 1. The summed E-state index contributed by atoms with van der Waals surface area (Å²) in [6.45, 7) is 2.00. The molecule has 0 saturated carbocycles. The molecule has 12 heteroatoms. The van der Waals surface area contributed by atoms with Crippen LogP contribution in [-0.2, 0) is 9.67 Å². The first-order valence-electron chi connectivity index (χ1n) is 12.5. The molecule has 0 fully saturated rings. The highest BCUT2D eigenvalue weighted by Crippen LogP contribution is 2.51. The Balaban J connectivity index is 1.72. The van der Waals surface area contributed by atoms with Crippen LogP contribution < -0.4 is 15.4 Å². The number of benzene rings is 2. The van der Waals surface area contributed by atoms with Crippen LogP contribution in [-0.4, -0.2) is 46.6 Å². The number of hydrazone groups is 1. The number of carbonyl (C=O) groups is 1. The number of hydrogen-bond donors (Lipinski definition) is 2. The molecule has 2 atom stereocenters. The van der Waals surface area contributed by atoms with Gasteiger partial charge in [0.25, 0.3) is 5.91 Å². The number of nitrogens with one attached hydrogen (secondary N) is 2. The van der Waals surface area contributed by atoms with Crippen LogP contribution in [0.1, 0.15) is 30.9 Å². The molecular weight excluding hydrogens is 536 g/mol. The number of rotatable bonds is 9. The minimum Gasteiger partial charge on any atom is -0.464 e. The second-order valence-electron chi connectivity index (χ2n) is 8.70. The van der Waals surface area contributed by atoms with Gasteiger partial charge in [0.05, 0.1) is 0 Å². The van der Waals surface area contributed by atoms with E-state index in [4.69, 9.17) is 10.00 Å². The summed E-state index contributed by atoms with van der Waals surface area (Å²) in [7, 11) is 1.64. The Morgan fingerprint density at radius 3 is 2.67 bits per heavy atom. The second kappa shape index (κ2) is 13.0. The van der Waals surface area contributed by atoms with E-state index in [1.807, 2.05) is 30.3 Å². The van der Waals surface area contributed by atoms with Crippen molar-refractivity contribution in [1.82, 2.24) is 20.6 Å². The summed E-state index contributed by atoms with van der Waals surface area (Å²) in [4.78, 5) is 20.6. The summed E-state index contributed by atoms with van der Waals surface area (Å²) in [5.74, 6) is -1.19. The van der Waals surface area contributed by atoms with Crippen LogP contribution in [0.25, 0.3) is 0 Å². The minimum atomic E-state index is -1.11. The predicted octanol–water partition coefficient (Wildman–Crippen LogP) is 4.34. The van der Waals surface area contributed by atoms with E-state index in [0.717, 1.165) is 23.8 Å². The van der Waals surface area contributed by atoms with Gasteiger partial charge < -0.3 is 15.4 Å². The Bertz CT molecular complexity index is 1430. The number of guanidine groups is 1. The number of thioether (sulfide) groups is 1. The number of nitriles is 1. The number of nitrogens with zero attached hydrogens (tertiary/aromatic N) is 5. The highest BCUT2D eigenvalue weighted by atomic mass is 32.2. The lowest BCUT2D eigenvalue weighted by molar-refractivity contribution is -0.141. The third-order valence-corrected chi connectivity index (χ3v) is 7.50. The van der Waals surface area contributed by atoms with Crippen molar-refractivity contribution in [1.29, 1.82) is 5.26 Å². The van der Waals surface area contributed by atoms with Gasteiger partial charge in [-0.2, -0.15) is 10.4 Å². The Kier molecular flexibility index (Phi) is 9.29. The van der Waals surface area contributed by atoms with Gasteiger partial charge in [-0.05, 0) is 49.6 Å². The molecule has 0 radical (unpaired) electrons. The molecule has 0 spiro atoms. The van der Waals surface area contributed by atoms with Crippen LogP contribution in [0.5, 0.6) is 5.88 Å². The topological polar surface area (TPSA) is 115 Å². The number of halogens is 2. The van der Waals surface area contributed by atoms with Gasteiger partial charge >= 0.3 is 0 Å². The number of carbonyl (C=O) groups excluding carboxylic acids is 1. The number of ether oxygens (including phenoxy) is 1. The van der Waals surface area contributed by atoms with Crippen LogP contribution in [0.3, 0.4) is 0 Å². The first-order valence-corrected chi connectivity index (χ1v) is 13.3. The minimum absolute atomic E-state index is 0.0457. The number of aromatic nitrogens is 1. The van der Waals surface area contributed by atoms with Crippen molar-refractivity contribution in [2.24, 2.45) is 10.1 Å². The van der Waals surface area contributed by atoms with Crippen molar-refractivity contribution < 1.29 is 18.3 Å². The molecule has 0 bridgehead atoms. The van der Waals surface area contributed by atoms with Gasteiger partial charge in [-0.15, -0.1) is 4.99 Å². The average molecular weight is 564 g/mol. The highest BCUT2D eigenvalue weighted by molar-refractivity contribution is 8.15. The number of aliphatic imine (C=N–C) groups is 1. The van der Waals surface area contributed by atoms with Crippen molar-refractivity contribution >= 4 is 28.7 Å². The van der Waals surface area contributed by atoms with Crippen molar-refractivity contribution in [3.05, 3.63) is 95.7 Å². The summed E-state index contributed by atoms with van der Waals surface area (Å²) in [5.41, 5.74) is 0.698. The third kappa shape index (κ3) is 6.38. The molecule has 1 aliphatic rings. The molecule has 206 valence electrons. The zero-order valence-corrected chi connectivity index (χ0v) is 22.7.